The van der Waals surface area contributed by atoms with Crippen molar-refractivity contribution in [3.8, 4) is 6.07 Å². The molecule has 1 heterocycles. The summed E-state index contributed by atoms with van der Waals surface area (Å²) in [5.74, 6) is -0.871. The Balaban J connectivity index is 2.16. The van der Waals surface area contributed by atoms with E-state index in [0.29, 0.717) is 24.9 Å². The maximum Gasteiger partial charge on any atom is 0.241 e. The normalized spacial score (nSPS) is 18.6. The third-order valence-corrected chi connectivity index (χ3v) is 5.16. The van der Waals surface area contributed by atoms with Crippen LogP contribution < -0.4 is 0 Å². The number of hydrogen-bond donors (Lipinski definition) is 0. The molecule has 1 fully saturated rings. The van der Waals surface area contributed by atoms with Crippen molar-refractivity contribution < 1.29 is 17.6 Å². The Hall–Kier alpha value is -1.98. The van der Waals surface area contributed by atoms with Crippen LogP contribution in [0.3, 0.4) is 0 Å². The molecule has 1 aromatic carbocycles. The van der Waals surface area contributed by atoms with Gasteiger partial charge in [-0.05, 0) is 31.0 Å². The summed E-state index contributed by atoms with van der Waals surface area (Å²) < 4.78 is 38.5. The van der Waals surface area contributed by atoms with E-state index in [2.05, 4.69) is 0 Å². The Morgan fingerprint density at radius 3 is 2.83 bits per heavy atom. The highest BCUT2D eigenvalue weighted by Crippen LogP contribution is 2.23. The number of rotatable bonds is 4. The zero-order chi connectivity index (χ0) is 17.2. The molecule has 8 heteroatoms. The molecule has 2 rings (SSSR count). The molecule has 0 N–H and O–H groups in total. The SMILES string of the molecule is CN(Cc1cc(C#N)ccc1F)C(=O)[C@@H]1CCCN1S(C)(=O)=O. The number of carbonyl (C=O) groups excluding carboxylic acids is 1. The predicted molar refractivity (Wildman–Crippen MR) is 82.2 cm³/mol. The van der Waals surface area contributed by atoms with Gasteiger partial charge in [-0.1, -0.05) is 0 Å². The van der Waals surface area contributed by atoms with E-state index in [9.17, 15) is 17.6 Å². The van der Waals surface area contributed by atoms with Crippen molar-refractivity contribution in [3.05, 3.63) is 35.1 Å². The van der Waals surface area contributed by atoms with Gasteiger partial charge in [-0.3, -0.25) is 4.79 Å². The Morgan fingerprint density at radius 2 is 2.22 bits per heavy atom. The number of carbonyl (C=O) groups is 1. The fourth-order valence-corrected chi connectivity index (χ4v) is 3.86. The summed E-state index contributed by atoms with van der Waals surface area (Å²) >= 11 is 0. The predicted octanol–water partition coefficient (Wildman–Crippen LogP) is 1.08. The summed E-state index contributed by atoms with van der Waals surface area (Å²) in [7, 11) is -1.95. The molecule has 1 atom stereocenters. The van der Waals surface area contributed by atoms with Crippen molar-refractivity contribution in [2.24, 2.45) is 0 Å². The number of sulfonamides is 1. The second kappa shape index (κ2) is 6.64. The van der Waals surface area contributed by atoms with Crippen molar-refractivity contribution in [2.45, 2.75) is 25.4 Å². The third kappa shape index (κ3) is 3.86. The highest BCUT2D eigenvalue weighted by Gasteiger charge is 2.37. The van der Waals surface area contributed by atoms with E-state index in [1.165, 1.54) is 34.5 Å². The first kappa shape index (κ1) is 17.4. The van der Waals surface area contributed by atoms with Crippen LogP contribution in [0, 0.1) is 17.1 Å². The number of nitriles is 1. The lowest BCUT2D eigenvalue weighted by Crippen LogP contribution is -2.46. The zero-order valence-electron chi connectivity index (χ0n) is 13.0. The minimum absolute atomic E-state index is 0.0196. The summed E-state index contributed by atoms with van der Waals surface area (Å²) in [5.41, 5.74) is 0.532. The first-order valence-corrected chi connectivity index (χ1v) is 8.99. The third-order valence-electron chi connectivity index (χ3n) is 3.87. The molecular formula is C15H18FN3O3S. The van der Waals surface area contributed by atoms with Gasteiger partial charge in [0.2, 0.25) is 15.9 Å². The quantitative estimate of drug-likeness (QED) is 0.822. The summed E-state index contributed by atoms with van der Waals surface area (Å²) in [6.07, 6.45) is 2.15. The molecule has 1 aliphatic rings. The maximum absolute atomic E-state index is 13.8. The van der Waals surface area contributed by atoms with Crippen molar-refractivity contribution in [1.82, 2.24) is 9.21 Å². The van der Waals surface area contributed by atoms with E-state index in [1.807, 2.05) is 6.07 Å². The highest BCUT2D eigenvalue weighted by molar-refractivity contribution is 7.88. The molecule has 1 aliphatic heterocycles. The summed E-state index contributed by atoms with van der Waals surface area (Å²) in [5, 5.41) is 8.87. The van der Waals surface area contributed by atoms with Crippen molar-refractivity contribution in [2.75, 3.05) is 19.8 Å². The van der Waals surface area contributed by atoms with Crippen LogP contribution >= 0.6 is 0 Å². The number of likely N-dealkylation sites (N-methyl/N-ethyl adjacent to an activating group) is 1. The highest BCUT2D eigenvalue weighted by atomic mass is 32.2. The van der Waals surface area contributed by atoms with Crippen LogP contribution in [0.1, 0.15) is 24.0 Å². The van der Waals surface area contributed by atoms with Crippen LogP contribution in [0.4, 0.5) is 4.39 Å². The minimum Gasteiger partial charge on any atom is -0.340 e. The van der Waals surface area contributed by atoms with Crippen LogP contribution in [0.15, 0.2) is 18.2 Å². The second-order valence-corrected chi connectivity index (χ2v) is 7.58. The number of benzene rings is 1. The van der Waals surface area contributed by atoms with Crippen LogP contribution in [0.25, 0.3) is 0 Å². The Morgan fingerprint density at radius 1 is 1.52 bits per heavy atom. The molecule has 0 saturated carbocycles. The van der Waals surface area contributed by atoms with Gasteiger partial charge in [0.1, 0.15) is 11.9 Å². The Labute approximate surface area is 135 Å². The Bertz CT molecular complexity index is 758. The van der Waals surface area contributed by atoms with Gasteiger partial charge in [-0.25, -0.2) is 12.8 Å². The minimum atomic E-state index is -3.45. The largest absolute Gasteiger partial charge is 0.340 e. The molecule has 124 valence electrons. The van der Waals surface area contributed by atoms with Gasteiger partial charge >= 0.3 is 0 Å². The topological polar surface area (TPSA) is 81.5 Å². The smallest absolute Gasteiger partial charge is 0.241 e. The van der Waals surface area contributed by atoms with Crippen LogP contribution in [0.2, 0.25) is 0 Å². The van der Waals surface area contributed by atoms with Crippen LogP contribution in [-0.4, -0.2) is 49.4 Å². The van der Waals surface area contributed by atoms with Gasteiger partial charge < -0.3 is 4.90 Å². The summed E-state index contributed by atoms with van der Waals surface area (Å²) in [6, 6.07) is 5.12. The van der Waals surface area contributed by atoms with E-state index in [1.54, 1.807) is 0 Å². The monoisotopic (exact) mass is 339 g/mol. The molecule has 6 nitrogen and oxygen atoms in total. The first-order valence-electron chi connectivity index (χ1n) is 7.14. The van der Waals surface area contributed by atoms with E-state index in [0.717, 1.165) is 6.26 Å². The van der Waals surface area contributed by atoms with E-state index in [-0.39, 0.29) is 18.0 Å². The van der Waals surface area contributed by atoms with Gasteiger partial charge in [0.05, 0.1) is 17.9 Å². The number of hydrogen-bond acceptors (Lipinski definition) is 4. The van der Waals surface area contributed by atoms with Gasteiger partial charge in [0, 0.05) is 25.7 Å². The molecule has 0 bridgehead atoms. The fraction of sp³-hybridized carbons (Fsp3) is 0.467. The van der Waals surface area contributed by atoms with Gasteiger partial charge in [0.15, 0.2) is 0 Å². The standard InChI is InChI=1S/C15H18FN3O3S/c1-18(10-12-8-11(9-17)5-6-13(12)16)15(20)14-4-3-7-19(14)23(2,21)22/h5-6,8,14H,3-4,7,10H2,1-2H3/t14-/m0/s1. The van der Waals surface area contributed by atoms with Gasteiger partial charge in [-0.15, -0.1) is 0 Å². The lowest BCUT2D eigenvalue weighted by molar-refractivity contribution is -0.133. The molecule has 1 aromatic rings. The summed E-state index contributed by atoms with van der Waals surface area (Å²) in [6.45, 7) is 0.301. The second-order valence-electron chi connectivity index (χ2n) is 5.64. The van der Waals surface area contributed by atoms with E-state index < -0.39 is 21.9 Å². The number of nitrogens with zero attached hydrogens (tertiary/aromatic N) is 3. The average Bonchev–Trinajstić information content (AvgIpc) is 2.98. The Kier molecular flexibility index (Phi) is 5.02. The molecule has 23 heavy (non-hydrogen) atoms. The van der Waals surface area contributed by atoms with Gasteiger partial charge in [-0.2, -0.15) is 9.57 Å². The van der Waals surface area contributed by atoms with Crippen LogP contribution in [-0.2, 0) is 21.4 Å². The van der Waals surface area contributed by atoms with E-state index in [4.69, 9.17) is 5.26 Å². The summed E-state index contributed by atoms with van der Waals surface area (Å²) in [4.78, 5) is 13.8. The lowest BCUT2D eigenvalue weighted by Gasteiger charge is -2.26. The van der Waals surface area contributed by atoms with E-state index >= 15 is 0 Å². The molecule has 0 aliphatic carbocycles. The number of halogens is 1. The zero-order valence-corrected chi connectivity index (χ0v) is 13.8. The maximum atomic E-state index is 13.8. The molecule has 1 saturated heterocycles. The lowest BCUT2D eigenvalue weighted by atomic mass is 10.1. The molecule has 0 radical (unpaired) electrons. The molecule has 0 spiro atoms. The number of amides is 1. The molecule has 0 unspecified atom stereocenters. The van der Waals surface area contributed by atoms with Crippen molar-refractivity contribution >= 4 is 15.9 Å². The van der Waals surface area contributed by atoms with Crippen LogP contribution in [0.5, 0.6) is 0 Å². The average molecular weight is 339 g/mol. The fourth-order valence-electron chi connectivity index (χ4n) is 2.74. The molecular weight excluding hydrogens is 321 g/mol. The first-order chi connectivity index (χ1) is 10.7. The molecule has 1 amide bonds. The van der Waals surface area contributed by atoms with Crippen molar-refractivity contribution in [1.29, 1.82) is 5.26 Å². The van der Waals surface area contributed by atoms with Gasteiger partial charge in [0.25, 0.3) is 0 Å². The van der Waals surface area contributed by atoms with Crippen molar-refractivity contribution in [3.63, 3.8) is 0 Å². The molecule has 0 aromatic heterocycles.